The Balaban J connectivity index is 2.20. The van der Waals surface area contributed by atoms with Crippen LogP contribution in [0.25, 0.3) is 0 Å². The van der Waals surface area contributed by atoms with Crippen LogP contribution in [0.4, 0.5) is 0 Å². The average molecular weight is 242 g/mol. The fourth-order valence-electron chi connectivity index (χ4n) is 2.44. The van der Waals surface area contributed by atoms with Crippen LogP contribution in [0.5, 0.6) is 0 Å². The van der Waals surface area contributed by atoms with Crippen LogP contribution in [0.1, 0.15) is 40.0 Å². The minimum absolute atomic E-state index is 0.671. The van der Waals surface area contributed by atoms with Gasteiger partial charge in [-0.15, -0.1) is 0 Å². The van der Waals surface area contributed by atoms with E-state index in [0.29, 0.717) is 12.1 Å². The van der Waals surface area contributed by atoms with Crippen LogP contribution in [-0.2, 0) is 4.74 Å². The van der Waals surface area contributed by atoms with Crippen LogP contribution >= 0.6 is 0 Å². The number of methoxy groups -OCH3 is 1. The Morgan fingerprint density at radius 1 is 1.29 bits per heavy atom. The first-order valence-electron chi connectivity index (χ1n) is 7.11. The molecule has 1 fully saturated rings. The summed E-state index contributed by atoms with van der Waals surface area (Å²) in [5.41, 5.74) is 0. The highest BCUT2D eigenvalue weighted by Crippen LogP contribution is 2.13. The lowest BCUT2D eigenvalue weighted by Crippen LogP contribution is -2.57. The van der Waals surface area contributed by atoms with Crippen molar-refractivity contribution in [1.29, 1.82) is 0 Å². The molecule has 0 aromatic heterocycles. The molecule has 1 aliphatic rings. The molecule has 1 saturated heterocycles. The lowest BCUT2D eigenvalue weighted by molar-refractivity contribution is 0.119. The molecule has 3 nitrogen and oxygen atoms in total. The molecule has 0 aromatic rings. The van der Waals surface area contributed by atoms with Gasteiger partial charge >= 0.3 is 0 Å². The lowest BCUT2D eigenvalue weighted by atomic mass is 9.99. The third-order valence-electron chi connectivity index (χ3n) is 3.83. The van der Waals surface area contributed by atoms with Gasteiger partial charge in [-0.05, 0) is 38.6 Å². The zero-order chi connectivity index (χ0) is 12.7. The maximum absolute atomic E-state index is 5.08. The number of rotatable bonds is 7. The van der Waals surface area contributed by atoms with E-state index in [4.69, 9.17) is 4.74 Å². The summed E-state index contributed by atoms with van der Waals surface area (Å²) in [6.45, 7) is 11.5. The second-order valence-electron chi connectivity index (χ2n) is 5.66. The van der Waals surface area contributed by atoms with Crippen molar-refractivity contribution in [2.75, 3.05) is 33.4 Å². The molecule has 0 amide bonds. The van der Waals surface area contributed by atoms with Crippen LogP contribution in [-0.4, -0.2) is 50.3 Å². The minimum Gasteiger partial charge on any atom is -0.385 e. The number of hydrogen-bond acceptors (Lipinski definition) is 3. The summed E-state index contributed by atoms with van der Waals surface area (Å²) in [6, 6.07) is 1.36. The van der Waals surface area contributed by atoms with Gasteiger partial charge in [0, 0.05) is 38.9 Å². The molecule has 0 saturated carbocycles. The van der Waals surface area contributed by atoms with Gasteiger partial charge in [-0.3, -0.25) is 4.90 Å². The van der Waals surface area contributed by atoms with Crippen LogP contribution in [0.2, 0.25) is 0 Å². The normalized spacial score (nSPS) is 26.6. The molecule has 1 N–H and O–H groups in total. The second kappa shape index (κ2) is 8.06. The predicted molar refractivity (Wildman–Crippen MR) is 73.4 cm³/mol. The fraction of sp³-hybridized carbons (Fsp3) is 1.00. The van der Waals surface area contributed by atoms with Crippen LogP contribution in [0.15, 0.2) is 0 Å². The van der Waals surface area contributed by atoms with E-state index in [1.807, 2.05) is 0 Å². The molecule has 0 spiro atoms. The van der Waals surface area contributed by atoms with Gasteiger partial charge in [0.15, 0.2) is 0 Å². The average Bonchev–Trinajstić information content (AvgIpc) is 2.30. The molecule has 1 rings (SSSR count). The van der Waals surface area contributed by atoms with Gasteiger partial charge in [0.2, 0.25) is 0 Å². The monoisotopic (exact) mass is 242 g/mol. The Morgan fingerprint density at radius 2 is 2.06 bits per heavy atom. The summed E-state index contributed by atoms with van der Waals surface area (Å²) in [5.74, 6) is 0.735. The first-order valence-corrected chi connectivity index (χ1v) is 7.11. The SMILES string of the molecule is COCCCCCN1CC(C(C)C)NCC1C. The molecular weight excluding hydrogens is 212 g/mol. The number of ether oxygens (including phenoxy) is 1. The Morgan fingerprint density at radius 3 is 2.71 bits per heavy atom. The molecule has 1 aliphatic heterocycles. The van der Waals surface area contributed by atoms with E-state index >= 15 is 0 Å². The van der Waals surface area contributed by atoms with E-state index in [0.717, 1.165) is 19.1 Å². The maximum Gasteiger partial charge on any atom is 0.0462 e. The fourth-order valence-corrected chi connectivity index (χ4v) is 2.44. The first-order chi connectivity index (χ1) is 8.15. The summed E-state index contributed by atoms with van der Waals surface area (Å²) in [6.07, 6.45) is 3.79. The highest BCUT2D eigenvalue weighted by Gasteiger charge is 2.25. The van der Waals surface area contributed by atoms with Crippen molar-refractivity contribution in [3.63, 3.8) is 0 Å². The molecule has 3 heteroatoms. The van der Waals surface area contributed by atoms with Crippen LogP contribution < -0.4 is 5.32 Å². The summed E-state index contributed by atoms with van der Waals surface area (Å²) < 4.78 is 5.08. The van der Waals surface area contributed by atoms with Crippen molar-refractivity contribution in [2.45, 2.75) is 52.1 Å². The van der Waals surface area contributed by atoms with E-state index in [9.17, 15) is 0 Å². The summed E-state index contributed by atoms with van der Waals surface area (Å²) in [5, 5.41) is 3.65. The maximum atomic E-state index is 5.08. The third-order valence-corrected chi connectivity index (χ3v) is 3.83. The second-order valence-corrected chi connectivity index (χ2v) is 5.66. The summed E-state index contributed by atoms with van der Waals surface area (Å²) in [7, 11) is 1.78. The molecule has 1 heterocycles. The molecule has 0 bridgehead atoms. The van der Waals surface area contributed by atoms with Gasteiger partial charge in [0.25, 0.3) is 0 Å². The highest BCUT2D eigenvalue weighted by atomic mass is 16.5. The van der Waals surface area contributed by atoms with E-state index in [-0.39, 0.29) is 0 Å². The Hall–Kier alpha value is -0.120. The van der Waals surface area contributed by atoms with Crippen molar-refractivity contribution in [1.82, 2.24) is 10.2 Å². The standard InChI is InChI=1S/C14H30N2O/c1-12(2)14-11-16(13(3)10-15-14)8-6-5-7-9-17-4/h12-15H,5-11H2,1-4H3. The largest absolute Gasteiger partial charge is 0.385 e. The van der Waals surface area contributed by atoms with Gasteiger partial charge in [-0.2, -0.15) is 0 Å². The zero-order valence-electron chi connectivity index (χ0n) is 12.0. The Labute approximate surface area is 107 Å². The highest BCUT2D eigenvalue weighted by molar-refractivity contribution is 4.85. The van der Waals surface area contributed by atoms with Crippen LogP contribution in [0, 0.1) is 5.92 Å². The molecule has 0 aromatic carbocycles. The molecular formula is C14H30N2O. The number of nitrogens with zero attached hydrogens (tertiary/aromatic N) is 1. The van der Waals surface area contributed by atoms with E-state index < -0.39 is 0 Å². The van der Waals surface area contributed by atoms with Gasteiger partial charge in [-0.25, -0.2) is 0 Å². The number of piperazine rings is 1. The van der Waals surface area contributed by atoms with Crippen molar-refractivity contribution in [3.8, 4) is 0 Å². The van der Waals surface area contributed by atoms with E-state index in [1.165, 1.54) is 32.4 Å². The number of nitrogens with one attached hydrogen (secondary N) is 1. The smallest absolute Gasteiger partial charge is 0.0462 e. The van der Waals surface area contributed by atoms with Crippen molar-refractivity contribution in [2.24, 2.45) is 5.92 Å². The quantitative estimate of drug-likeness (QED) is 0.692. The Bertz CT molecular complexity index is 197. The molecule has 17 heavy (non-hydrogen) atoms. The zero-order valence-corrected chi connectivity index (χ0v) is 12.0. The minimum atomic E-state index is 0.671. The molecule has 2 atom stereocenters. The van der Waals surface area contributed by atoms with E-state index in [1.54, 1.807) is 7.11 Å². The van der Waals surface area contributed by atoms with Crippen molar-refractivity contribution >= 4 is 0 Å². The topological polar surface area (TPSA) is 24.5 Å². The van der Waals surface area contributed by atoms with Gasteiger partial charge in [0.05, 0.1) is 0 Å². The number of unbranched alkanes of at least 4 members (excludes halogenated alkanes) is 2. The van der Waals surface area contributed by atoms with Gasteiger partial charge in [0.1, 0.15) is 0 Å². The lowest BCUT2D eigenvalue weighted by Gasteiger charge is -2.40. The van der Waals surface area contributed by atoms with Crippen molar-refractivity contribution in [3.05, 3.63) is 0 Å². The predicted octanol–water partition coefficient (Wildman–Crippen LogP) is 2.12. The summed E-state index contributed by atoms with van der Waals surface area (Å²) in [4.78, 5) is 2.65. The molecule has 0 aliphatic carbocycles. The third kappa shape index (κ3) is 5.36. The molecule has 0 radical (unpaired) electrons. The molecule has 102 valence electrons. The van der Waals surface area contributed by atoms with Gasteiger partial charge in [-0.1, -0.05) is 13.8 Å². The van der Waals surface area contributed by atoms with Crippen LogP contribution in [0.3, 0.4) is 0 Å². The molecule has 2 unspecified atom stereocenters. The number of hydrogen-bond donors (Lipinski definition) is 1. The summed E-state index contributed by atoms with van der Waals surface area (Å²) >= 11 is 0. The first kappa shape index (κ1) is 14.9. The Kier molecular flexibility index (Phi) is 7.09. The van der Waals surface area contributed by atoms with E-state index in [2.05, 4.69) is 31.0 Å². The van der Waals surface area contributed by atoms with Crippen molar-refractivity contribution < 1.29 is 4.74 Å². The van der Waals surface area contributed by atoms with Gasteiger partial charge < -0.3 is 10.1 Å².